The highest BCUT2D eigenvalue weighted by Crippen LogP contribution is 2.34. The molecular weight excluding hydrogens is 272 g/mol. The Labute approximate surface area is 125 Å². The molecule has 0 saturated carbocycles. The molecule has 20 heavy (non-hydrogen) atoms. The fourth-order valence-corrected chi connectivity index (χ4v) is 2.72. The first kappa shape index (κ1) is 17.1. The summed E-state index contributed by atoms with van der Waals surface area (Å²) in [6.45, 7) is 3.76. The van der Waals surface area contributed by atoms with Crippen LogP contribution in [0.2, 0.25) is 0 Å². The van der Waals surface area contributed by atoms with E-state index in [-0.39, 0.29) is 5.97 Å². The van der Waals surface area contributed by atoms with Gasteiger partial charge in [0.25, 0.3) is 0 Å². The zero-order chi connectivity index (χ0) is 15.2. The maximum Gasteiger partial charge on any atom is 0.311 e. The fourth-order valence-electron chi connectivity index (χ4n) is 2.31. The first-order valence-electron chi connectivity index (χ1n) is 6.92. The van der Waals surface area contributed by atoms with Crippen molar-refractivity contribution >= 4 is 17.7 Å². The Hall–Kier alpha value is -1.00. The van der Waals surface area contributed by atoms with Gasteiger partial charge in [-0.15, -0.1) is 11.8 Å². The Morgan fingerprint density at radius 2 is 2.00 bits per heavy atom. The van der Waals surface area contributed by atoms with Crippen LogP contribution in [-0.2, 0) is 15.1 Å². The van der Waals surface area contributed by atoms with Gasteiger partial charge in [-0.3, -0.25) is 4.79 Å². The molecule has 0 bridgehead atoms. The second-order valence-electron chi connectivity index (χ2n) is 5.09. The minimum Gasteiger partial charge on any atom is -0.469 e. The largest absolute Gasteiger partial charge is 0.469 e. The normalized spacial score (nSPS) is 15.4. The number of ether oxygens (including phenoxy) is 1. The number of carbonyl (C=O) groups is 1. The quantitative estimate of drug-likeness (QED) is 0.617. The van der Waals surface area contributed by atoms with Crippen LogP contribution >= 0.6 is 11.8 Å². The van der Waals surface area contributed by atoms with Crippen molar-refractivity contribution in [2.75, 3.05) is 13.4 Å². The van der Waals surface area contributed by atoms with Gasteiger partial charge >= 0.3 is 5.97 Å². The van der Waals surface area contributed by atoms with E-state index in [9.17, 15) is 9.90 Å². The molecule has 0 spiro atoms. The number of thioether (sulfide) groups is 1. The van der Waals surface area contributed by atoms with E-state index in [0.29, 0.717) is 6.42 Å². The Morgan fingerprint density at radius 1 is 1.40 bits per heavy atom. The van der Waals surface area contributed by atoms with Crippen molar-refractivity contribution in [3.63, 3.8) is 0 Å². The maximum atomic E-state index is 12.0. The lowest BCUT2D eigenvalue weighted by Gasteiger charge is -2.31. The predicted molar refractivity (Wildman–Crippen MR) is 82.8 cm³/mol. The summed E-state index contributed by atoms with van der Waals surface area (Å²) in [6, 6.07) is 7.69. The minimum atomic E-state index is -1.21. The molecule has 0 aliphatic rings. The third-order valence-corrected chi connectivity index (χ3v) is 4.43. The van der Waals surface area contributed by atoms with E-state index in [1.165, 1.54) is 7.11 Å². The van der Waals surface area contributed by atoms with Crippen LogP contribution in [0, 0.1) is 5.92 Å². The van der Waals surface area contributed by atoms with Gasteiger partial charge in [0, 0.05) is 4.90 Å². The average molecular weight is 296 g/mol. The Balaban J connectivity index is 3.03. The molecule has 4 heteroatoms. The zero-order valence-corrected chi connectivity index (χ0v) is 13.5. The molecule has 1 rings (SSSR count). The first-order chi connectivity index (χ1) is 9.47. The molecule has 0 aliphatic heterocycles. The van der Waals surface area contributed by atoms with Crippen molar-refractivity contribution in [3.05, 3.63) is 29.8 Å². The molecule has 0 saturated heterocycles. The van der Waals surface area contributed by atoms with Gasteiger partial charge in [0.2, 0.25) is 0 Å². The summed E-state index contributed by atoms with van der Waals surface area (Å²) in [5, 5.41) is 10.8. The number of aliphatic hydroxyl groups is 1. The van der Waals surface area contributed by atoms with Crippen molar-refractivity contribution in [2.24, 2.45) is 5.92 Å². The fraction of sp³-hybridized carbons (Fsp3) is 0.562. The van der Waals surface area contributed by atoms with E-state index >= 15 is 0 Å². The Morgan fingerprint density at radius 3 is 2.45 bits per heavy atom. The highest BCUT2D eigenvalue weighted by molar-refractivity contribution is 7.98. The van der Waals surface area contributed by atoms with Crippen LogP contribution < -0.4 is 0 Å². The summed E-state index contributed by atoms with van der Waals surface area (Å²) < 4.78 is 4.86. The Kier molecular flexibility index (Phi) is 6.56. The number of hydrogen-bond donors (Lipinski definition) is 1. The van der Waals surface area contributed by atoms with E-state index in [1.54, 1.807) is 18.7 Å². The van der Waals surface area contributed by atoms with E-state index < -0.39 is 11.5 Å². The van der Waals surface area contributed by atoms with E-state index in [2.05, 4.69) is 6.92 Å². The Bertz CT molecular complexity index is 426. The standard InChI is InChI=1S/C16H24O3S/c1-5-6-7-14(15(17)19-3)16(2,18)12-8-10-13(20-4)11-9-12/h8-11,14,18H,5-7H2,1-4H3. The second kappa shape index (κ2) is 7.70. The van der Waals surface area contributed by atoms with Crippen molar-refractivity contribution in [1.82, 2.24) is 0 Å². The van der Waals surface area contributed by atoms with Crippen molar-refractivity contribution in [1.29, 1.82) is 0 Å². The van der Waals surface area contributed by atoms with Crippen LogP contribution in [0.1, 0.15) is 38.7 Å². The maximum absolute atomic E-state index is 12.0. The van der Waals surface area contributed by atoms with E-state index in [1.807, 2.05) is 30.5 Å². The van der Waals surface area contributed by atoms with E-state index in [4.69, 9.17) is 4.74 Å². The zero-order valence-electron chi connectivity index (χ0n) is 12.7. The summed E-state index contributed by atoms with van der Waals surface area (Å²) in [5.41, 5.74) is -0.457. The first-order valence-corrected chi connectivity index (χ1v) is 8.14. The van der Waals surface area contributed by atoms with Crippen molar-refractivity contribution in [3.8, 4) is 0 Å². The van der Waals surface area contributed by atoms with Crippen LogP contribution in [0.4, 0.5) is 0 Å². The molecule has 2 atom stereocenters. The summed E-state index contributed by atoms with van der Waals surface area (Å²) in [5.74, 6) is -0.884. The second-order valence-corrected chi connectivity index (χ2v) is 5.97. The highest BCUT2D eigenvalue weighted by atomic mass is 32.2. The monoisotopic (exact) mass is 296 g/mol. The third kappa shape index (κ3) is 4.00. The molecule has 0 radical (unpaired) electrons. The number of rotatable bonds is 7. The summed E-state index contributed by atoms with van der Waals surface area (Å²) in [4.78, 5) is 13.1. The smallest absolute Gasteiger partial charge is 0.311 e. The molecule has 1 aromatic carbocycles. The molecule has 0 aromatic heterocycles. The lowest BCUT2D eigenvalue weighted by Crippen LogP contribution is -2.38. The van der Waals surface area contributed by atoms with Crippen molar-refractivity contribution < 1.29 is 14.6 Å². The van der Waals surface area contributed by atoms with Gasteiger partial charge in [0.15, 0.2) is 0 Å². The van der Waals surface area contributed by atoms with Crippen LogP contribution in [0.15, 0.2) is 29.2 Å². The number of esters is 1. The van der Waals surface area contributed by atoms with Gasteiger partial charge < -0.3 is 9.84 Å². The van der Waals surface area contributed by atoms with E-state index in [0.717, 1.165) is 23.3 Å². The highest BCUT2D eigenvalue weighted by Gasteiger charge is 2.39. The number of methoxy groups -OCH3 is 1. The minimum absolute atomic E-state index is 0.350. The third-order valence-electron chi connectivity index (χ3n) is 3.69. The van der Waals surface area contributed by atoms with Gasteiger partial charge in [0.1, 0.15) is 5.60 Å². The average Bonchev–Trinajstić information content (AvgIpc) is 2.47. The molecule has 0 amide bonds. The van der Waals surface area contributed by atoms with Gasteiger partial charge in [-0.05, 0) is 37.3 Å². The van der Waals surface area contributed by atoms with Gasteiger partial charge in [0.05, 0.1) is 13.0 Å². The van der Waals surface area contributed by atoms with Crippen LogP contribution in [0.3, 0.4) is 0 Å². The SMILES string of the molecule is CCCCC(C(=O)OC)C(C)(O)c1ccc(SC)cc1. The molecule has 112 valence electrons. The molecule has 3 nitrogen and oxygen atoms in total. The lowest BCUT2D eigenvalue weighted by molar-refractivity contribution is -0.156. The summed E-state index contributed by atoms with van der Waals surface area (Å²) in [7, 11) is 1.37. The molecule has 2 unspecified atom stereocenters. The van der Waals surface area contributed by atoms with Gasteiger partial charge in [-0.1, -0.05) is 31.9 Å². The van der Waals surface area contributed by atoms with Gasteiger partial charge in [-0.25, -0.2) is 0 Å². The summed E-state index contributed by atoms with van der Waals surface area (Å²) in [6.07, 6.45) is 4.50. The molecule has 0 aliphatic carbocycles. The van der Waals surface area contributed by atoms with Crippen LogP contribution in [0.5, 0.6) is 0 Å². The molecule has 1 N–H and O–H groups in total. The molecular formula is C16H24O3S. The lowest BCUT2D eigenvalue weighted by atomic mass is 9.80. The topological polar surface area (TPSA) is 46.5 Å². The summed E-state index contributed by atoms with van der Waals surface area (Å²) >= 11 is 1.65. The van der Waals surface area contributed by atoms with Crippen LogP contribution in [0.25, 0.3) is 0 Å². The molecule has 0 fully saturated rings. The van der Waals surface area contributed by atoms with Crippen LogP contribution in [-0.4, -0.2) is 24.4 Å². The van der Waals surface area contributed by atoms with Gasteiger partial charge in [-0.2, -0.15) is 0 Å². The number of unbranched alkanes of at least 4 members (excludes halogenated alkanes) is 1. The predicted octanol–water partition coefficient (Wildman–Crippen LogP) is 3.60. The number of benzene rings is 1. The number of hydrogen-bond acceptors (Lipinski definition) is 4. The molecule has 0 heterocycles. The van der Waals surface area contributed by atoms with Crippen molar-refractivity contribution in [2.45, 2.75) is 43.6 Å². The number of carbonyl (C=O) groups excluding carboxylic acids is 1. The molecule has 1 aromatic rings.